The van der Waals surface area contributed by atoms with E-state index in [-0.39, 0.29) is 6.54 Å². The van der Waals surface area contributed by atoms with Gasteiger partial charge in [-0.25, -0.2) is 13.1 Å². The maximum atomic E-state index is 11.8. The van der Waals surface area contributed by atoms with Crippen molar-refractivity contribution in [3.05, 3.63) is 0 Å². The molecule has 1 aliphatic rings. The van der Waals surface area contributed by atoms with Crippen LogP contribution in [-0.2, 0) is 14.8 Å². The van der Waals surface area contributed by atoms with Crippen molar-refractivity contribution in [3.63, 3.8) is 0 Å². The van der Waals surface area contributed by atoms with Crippen LogP contribution in [0.2, 0.25) is 0 Å². The molecule has 0 aromatic heterocycles. The highest BCUT2D eigenvalue weighted by Gasteiger charge is 2.34. The molecule has 0 saturated carbocycles. The lowest BCUT2D eigenvalue weighted by Crippen LogP contribution is -2.50. The van der Waals surface area contributed by atoms with Crippen LogP contribution in [0.5, 0.6) is 0 Å². The third-order valence-corrected chi connectivity index (χ3v) is 4.96. The van der Waals surface area contributed by atoms with E-state index in [9.17, 15) is 13.5 Å². The Balaban J connectivity index is 2.57. The van der Waals surface area contributed by atoms with Crippen molar-refractivity contribution < 1.29 is 18.3 Å². The summed E-state index contributed by atoms with van der Waals surface area (Å²) in [6.45, 7) is 5.91. The second-order valence-corrected chi connectivity index (χ2v) is 7.79. The summed E-state index contributed by atoms with van der Waals surface area (Å²) < 4.78 is 30.3. The van der Waals surface area contributed by atoms with E-state index in [4.69, 9.17) is 4.74 Å². The third kappa shape index (κ3) is 3.41. The monoisotopic (exact) mass is 251 g/mol. The molecule has 1 aliphatic heterocycles. The summed E-state index contributed by atoms with van der Waals surface area (Å²) in [6.07, 6.45) is 0.944. The van der Waals surface area contributed by atoms with Crippen LogP contribution in [-0.4, -0.2) is 43.6 Å². The van der Waals surface area contributed by atoms with Crippen molar-refractivity contribution >= 4 is 10.0 Å². The summed E-state index contributed by atoms with van der Waals surface area (Å²) in [5, 5.41) is 10.1. The molecule has 1 rings (SSSR count). The summed E-state index contributed by atoms with van der Waals surface area (Å²) in [6, 6.07) is 0. The van der Waals surface area contributed by atoms with Gasteiger partial charge in [-0.1, -0.05) is 0 Å². The Bertz CT molecular complexity index is 325. The summed E-state index contributed by atoms with van der Waals surface area (Å²) in [5.41, 5.74) is -0.962. The number of ether oxygens (including phenoxy) is 1. The van der Waals surface area contributed by atoms with E-state index in [2.05, 4.69) is 4.72 Å². The molecule has 2 N–H and O–H groups in total. The summed E-state index contributed by atoms with van der Waals surface area (Å²) in [5.74, 6) is 0. The lowest BCUT2D eigenvalue weighted by Gasteiger charge is -2.33. The van der Waals surface area contributed by atoms with E-state index in [1.165, 1.54) is 0 Å². The first-order valence-corrected chi connectivity index (χ1v) is 6.94. The first kappa shape index (κ1) is 13.9. The predicted molar refractivity (Wildman–Crippen MR) is 61.7 cm³/mol. The quantitative estimate of drug-likeness (QED) is 0.753. The fraction of sp³-hybridized carbons (Fsp3) is 1.00. The van der Waals surface area contributed by atoms with E-state index in [1.54, 1.807) is 20.8 Å². The van der Waals surface area contributed by atoms with Crippen LogP contribution < -0.4 is 4.72 Å². The predicted octanol–water partition coefficient (Wildman–Crippen LogP) is 0.246. The first-order chi connectivity index (χ1) is 7.16. The number of rotatable bonds is 3. The molecule has 0 aliphatic carbocycles. The largest absolute Gasteiger partial charge is 0.388 e. The van der Waals surface area contributed by atoms with Gasteiger partial charge in [0.1, 0.15) is 0 Å². The molecule has 0 radical (unpaired) electrons. The van der Waals surface area contributed by atoms with E-state index in [0.29, 0.717) is 26.1 Å². The second kappa shape index (κ2) is 4.60. The summed E-state index contributed by atoms with van der Waals surface area (Å²) in [7, 11) is -3.39. The molecule has 96 valence electrons. The van der Waals surface area contributed by atoms with Crippen molar-refractivity contribution in [1.82, 2.24) is 4.72 Å². The Morgan fingerprint density at radius 1 is 1.31 bits per heavy atom. The van der Waals surface area contributed by atoms with Crippen LogP contribution in [0.3, 0.4) is 0 Å². The highest BCUT2D eigenvalue weighted by Crippen LogP contribution is 2.21. The third-order valence-electron chi connectivity index (χ3n) is 2.82. The van der Waals surface area contributed by atoms with Crippen molar-refractivity contribution in [2.45, 2.75) is 44.0 Å². The molecule has 0 atom stereocenters. The van der Waals surface area contributed by atoms with Gasteiger partial charge in [0.15, 0.2) is 0 Å². The maximum absolute atomic E-state index is 11.8. The molecule has 1 fully saturated rings. The van der Waals surface area contributed by atoms with Gasteiger partial charge in [0, 0.05) is 32.6 Å². The van der Waals surface area contributed by atoms with Gasteiger partial charge in [-0.2, -0.15) is 0 Å². The van der Waals surface area contributed by atoms with Crippen LogP contribution in [0.1, 0.15) is 33.6 Å². The number of sulfonamides is 1. The first-order valence-electron chi connectivity index (χ1n) is 5.46. The SMILES string of the molecule is CC(C)(C)S(=O)(=O)NCC1(O)CCOCC1. The van der Waals surface area contributed by atoms with Crippen LogP contribution >= 0.6 is 0 Å². The zero-order chi connectivity index (χ0) is 12.4. The Labute approximate surface area is 97.2 Å². The number of hydrogen-bond acceptors (Lipinski definition) is 4. The molecule has 1 heterocycles. The van der Waals surface area contributed by atoms with Crippen LogP contribution in [0, 0.1) is 0 Å². The molecule has 0 amide bonds. The molecule has 5 nitrogen and oxygen atoms in total. The number of aliphatic hydroxyl groups is 1. The Morgan fingerprint density at radius 2 is 1.81 bits per heavy atom. The van der Waals surface area contributed by atoms with Gasteiger partial charge in [-0.05, 0) is 20.8 Å². The van der Waals surface area contributed by atoms with E-state index < -0.39 is 20.4 Å². The topological polar surface area (TPSA) is 75.6 Å². The highest BCUT2D eigenvalue weighted by molar-refractivity contribution is 7.90. The molecule has 0 spiro atoms. The molecular weight excluding hydrogens is 230 g/mol. The van der Waals surface area contributed by atoms with Crippen molar-refractivity contribution in [2.75, 3.05) is 19.8 Å². The molecule has 0 bridgehead atoms. The highest BCUT2D eigenvalue weighted by atomic mass is 32.2. The maximum Gasteiger partial charge on any atom is 0.216 e. The molecule has 6 heteroatoms. The Hall–Kier alpha value is -0.170. The minimum Gasteiger partial charge on any atom is -0.388 e. The number of nitrogens with one attached hydrogen (secondary N) is 1. The van der Waals surface area contributed by atoms with Crippen LogP contribution in [0.4, 0.5) is 0 Å². The van der Waals surface area contributed by atoms with Crippen molar-refractivity contribution in [1.29, 1.82) is 0 Å². The number of hydrogen-bond donors (Lipinski definition) is 2. The van der Waals surface area contributed by atoms with E-state index in [0.717, 1.165) is 0 Å². The molecule has 0 aromatic carbocycles. The van der Waals surface area contributed by atoms with Gasteiger partial charge < -0.3 is 9.84 Å². The fourth-order valence-corrected chi connectivity index (χ4v) is 2.27. The van der Waals surface area contributed by atoms with Gasteiger partial charge in [-0.15, -0.1) is 0 Å². The van der Waals surface area contributed by atoms with Crippen molar-refractivity contribution in [2.24, 2.45) is 0 Å². The van der Waals surface area contributed by atoms with Gasteiger partial charge in [-0.3, -0.25) is 0 Å². The molecular formula is C10H21NO4S. The van der Waals surface area contributed by atoms with Gasteiger partial charge >= 0.3 is 0 Å². The van der Waals surface area contributed by atoms with E-state index in [1.807, 2.05) is 0 Å². The minimum absolute atomic E-state index is 0.0654. The Morgan fingerprint density at radius 3 is 2.25 bits per heavy atom. The van der Waals surface area contributed by atoms with Crippen LogP contribution in [0.25, 0.3) is 0 Å². The normalized spacial score (nSPS) is 22.0. The van der Waals surface area contributed by atoms with Gasteiger partial charge in [0.05, 0.1) is 10.3 Å². The second-order valence-electron chi connectivity index (χ2n) is 5.27. The standard InChI is InChI=1S/C10H21NO4S/c1-9(2,3)16(13,14)11-8-10(12)4-6-15-7-5-10/h11-12H,4-8H2,1-3H3. The zero-order valence-corrected chi connectivity index (χ0v) is 10.9. The van der Waals surface area contributed by atoms with Crippen molar-refractivity contribution in [3.8, 4) is 0 Å². The summed E-state index contributed by atoms with van der Waals surface area (Å²) >= 11 is 0. The zero-order valence-electron chi connectivity index (χ0n) is 10.1. The minimum atomic E-state index is -3.39. The van der Waals surface area contributed by atoms with Crippen LogP contribution in [0.15, 0.2) is 0 Å². The molecule has 0 aromatic rings. The lowest BCUT2D eigenvalue weighted by molar-refractivity contribution is -0.0589. The average molecular weight is 251 g/mol. The average Bonchev–Trinajstić information content (AvgIpc) is 2.15. The molecule has 0 unspecified atom stereocenters. The van der Waals surface area contributed by atoms with E-state index >= 15 is 0 Å². The Kier molecular flexibility index (Phi) is 3.99. The summed E-state index contributed by atoms with van der Waals surface area (Å²) in [4.78, 5) is 0. The fourth-order valence-electron chi connectivity index (χ4n) is 1.37. The van der Waals surface area contributed by atoms with Gasteiger partial charge in [0.25, 0.3) is 0 Å². The molecule has 1 saturated heterocycles. The smallest absolute Gasteiger partial charge is 0.216 e. The van der Waals surface area contributed by atoms with Gasteiger partial charge in [0.2, 0.25) is 10.0 Å². The lowest BCUT2D eigenvalue weighted by atomic mass is 9.95. The molecule has 16 heavy (non-hydrogen) atoms.